The topological polar surface area (TPSA) is 30.9 Å². The molecular weight excluding hydrogens is 332 g/mol. The van der Waals surface area contributed by atoms with Gasteiger partial charge in [0.2, 0.25) is 0 Å². The van der Waals surface area contributed by atoms with Gasteiger partial charge in [-0.1, -0.05) is 91.0 Å². The molecule has 1 heterocycles. The number of hydrogen-bond donors (Lipinski definition) is 1. The Kier molecular flexibility index (Phi) is 5.58. The van der Waals surface area contributed by atoms with Crippen LogP contribution in [0.3, 0.4) is 0 Å². The molecule has 4 rings (SSSR count). The molecule has 4 nitrogen and oxygen atoms in total. The molecule has 0 saturated carbocycles. The van der Waals surface area contributed by atoms with Crippen molar-refractivity contribution in [2.75, 3.05) is 0 Å². The summed E-state index contributed by atoms with van der Waals surface area (Å²) < 4.78 is 0. The van der Waals surface area contributed by atoms with E-state index in [1.807, 2.05) is 6.07 Å². The van der Waals surface area contributed by atoms with Gasteiger partial charge in [0.05, 0.1) is 0 Å². The Morgan fingerprint density at radius 3 is 1.70 bits per heavy atom. The van der Waals surface area contributed by atoms with Gasteiger partial charge in [0.15, 0.2) is 6.29 Å². The SMILES string of the molecule is C1=NC(N(Cc2ccccc2)Cc2ccccc2)N(Cc2ccccc2)N1. The summed E-state index contributed by atoms with van der Waals surface area (Å²) in [5, 5.41) is 2.18. The largest absolute Gasteiger partial charge is 0.306 e. The highest BCUT2D eigenvalue weighted by Crippen LogP contribution is 2.19. The maximum absolute atomic E-state index is 4.72. The van der Waals surface area contributed by atoms with Gasteiger partial charge in [-0.2, -0.15) is 5.01 Å². The first-order valence-electron chi connectivity index (χ1n) is 9.29. The zero-order valence-electron chi connectivity index (χ0n) is 15.3. The van der Waals surface area contributed by atoms with Crippen LogP contribution >= 0.6 is 0 Å². The zero-order chi connectivity index (χ0) is 18.3. The van der Waals surface area contributed by atoms with Gasteiger partial charge in [0, 0.05) is 19.6 Å². The number of hydrogen-bond acceptors (Lipinski definition) is 4. The lowest BCUT2D eigenvalue weighted by Gasteiger charge is -2.33. The Bertz CT molecular complexity index is 808. The van der Waals surface area contributed by atoms with Crippen molar-refractivity contribution in [3.63, 3.8) is 0 Å². The smallest absolute Gasteiger partial charge is 0.177 e. The summed E-state index contributed by atoms with van der Waals surface area (Å²) in [6, 6.07) is 31.7. The van der Waals surface area contributed by atoms with Crippen LogP contribution in [0, 0.1) is 0 Å². The molecule has 3 aromatic carbocycles. The monoisotopic (exact) mass is 356 g/mol. The van der Waals surface area contributed by atoms with Crippen LogP contribution in [0.5, 0.6) is 0 Å². The highest BCUT2D eigenvalue weighted by molar-refractivity contribution is 5.55. The molecule has 0 radical (unpaired) electrons. The Morgan fingerprint density at radius 1 is 0.704 bits per heavy atom. The zero-order valence-corrected chi connectivity index (χ0v) is 15.3. The fraction of sp³-hybridized carbons (Fsp3) is 0.174. The van der Waals surface area contributed by atoms with E-state index < -0.39 is 0 Å². The molecule has 0 aliphatic carbocycles. The van der Waals surface area contributed by atoms with E-state index in [1.54, 1.807) is 6.34 Å². The Hall–Kier alpha value is -2.95. The van der Waals surface area contributed by atoms with Crippen molar-refractivity contribution < 1.29 is 0 Å². The highest BCUT2D eigenvalue weighted by Gasteiger charge is 2.28. The first-order valence-corrected chi connectivity index (χ1v) is 9.29. The lowest BCUT2D eigenvalue weighted by molar-refractivity contribution is 0.0263. The Labute approximate surface area is 160 Å². The van der Waals surface area contributed by atoms with Crippen molar-refractivity contribution in [3.8, 4) is 0 Å². The van der Waals surface area contributed by atoms with Gasteiger partial charge in [-0.05, 0) is 16.7 Å². The molecule has 27 heavy (non-hydrogen) atoms. The van der Waals surface area contributed by atoms with E-state index in [0.717, 1.165) is 19.6 Å². The summed E-state index contributed by atoms with van der Waals surface area (Å²) in [7, 11) is 0. The van der Waals surface area contributed by atoms with E-state index in [4.69, 9.17) is 4.99 Å². The summed E-state index contributed by atoms with van der Waals surface area (Å²) in [4.78, 5) is 7.11. The van der Waals surface area contributed by atoms with Gasteiger partial charge in [-0.25, -0.2) is 4.99 Å². The fourth-order valence-corrected chi connectivity index (χ4v) is 3.38. The summed E-state index contributed by atoms with van der Waals surface area (Å²) in [5.41, 5.74) is 7.15. The number of rotatable bonds is 7. The summed E-state index contributed by atoms with van der Waals surface area (Å²) >= 11 is 0. The molecule has 0 aromatic heterocycles. The van der Waals surface area contributed by atoms with Crippen molar-refractivity contribution in [2.45, 2.75) is 25.9 Å². The molecular formula is C23H24N4. The average Bonchev–Trinajstić information content (AvgIpc) is 3.18. The number of hydrazine groups is 1. The second kappa shape index (κ2) is 8.62. The van der Waals surface area contributed by atoms with Crippen LogP contribution in [0.1, 0.15) is 16.7 Å². The summed E-state index contributed by atoms with van der Waals surface area (Å²) in [5.74, 6) is 0. The third kappa shape index (κ3) is 4.61. The van der Waals surface area contributed by atoms with Crippen molar-refractivity contribution in [3.05, 3.63) is 108 Å². The summed E-state index contributed by atoms with van der Waals surface area (Å²) in [6.45, 7) is 2.47. The van der Waals surface area contributed by atoms with Crippen LogP contribution in [0.4, 0.5) is 0 Å². The number of nitrogens with zero attached hydrogens (tertiary/aromatic N) is 3. The maximum Gasteiger partial charge on any atom is 0.177 e. The Balaban J connectivity index is 1.55. The molecule has 0 bridgehead atoms. The lowest BCUT2D eigenvalue weighted by Crippen LogP contribution is -2.47. The third-order valence-corrected chi connectivity index (χ3v) is 4.69. The normalized spacial score (nSPS) is 16.6. The molecule has 4 heteroatoms. The first-order chi connectivity index (χ1) is 13.4. The number of aliphatic imine (C=N–C) groups is 1. The van der Waals surface area contributed by atoms with Crippen molar-refractivity contribution in [2.24, 2.45) is 4.99 Å². The molecule has 136 valence electrons. The van der Waals surface area contributed by atoms with Gasteiger partial charge in [-0.3, -0.25) is 4.90 Å². The molecule has 1 N–H and O–H groups in total. The predicted octanol–water partition coefficient (Wildman–Crippen LogP) is 4.02. The van der Waals surface area contributed by atoms with E-state index in [9.17, 15) is 0 Å². The van der Waals surface area contributed by atoms with Crippen molar-refractivity contribution in [1.29, 1.82) is 0 Å². The second-order valence-corrected chi connectivity index (χ2v) is 6.74. The van der Waals surface area contributed by atoms with Crippen LogP contribution in [0.15, 0.2) is 96.0 Å². The van der Waals surface area contributed by atoms with Crippen LogP contribution < -0.4 is 5.43 Å². The van der Waals surface area contributed by atoms with Crippen LogP contribution in [-0.4, -0.2) is 22.5 Å². The highest BCUT2D eigenvalue weighted by atomic mass is 15.7. The first kappa shape index (κ1) is 17.5. The van der Waals surface area contributed by atoms with E-state index in [-0.39, 0.29) is 6.29 Å². The van der Waals surface area contributed by atoms with Gasteiger partial charge < -0.3 is 5.43 Å². The predicted molar refractivity (Wildman–Crippen MR) is 110 cm³/mol. The molecule has 0 saturated heterocycles. The van der Waals surface area contributed by atoms with E-state index in [0.29, 0.717) is 0 Å². The standard InChI is InChI=1S/C23H24N4/c1-4-10-20(11-5-1)16-26(17-21-12-6-2-7-13-21)23-24-19-25-27(23)18-22-14-8-3-9-15-22/h1-15,19,23H,16-18H2,(H,24,25). The van der Waals surface area contributed by atoms with Gasteiger partial charge >= 0.3 is 0 Å². The van der Waals surface area contributed by atoms with Gasteiger partial charge in [0.25, 0.3) is 0 Å². The second-order valence-electron chi connectivity index (χ2n) is 6.74. The number of benzene rings is 3. The third-order valence-electron chi connectivity index (χ3n) is 4.69. The van der Waals surface area contributed by atoms with Crippen LogP contribution in [0.25, 0.3) is 0 Å². The molecule has 1 atom stereocenters. The average molecular weight is 356 g/mol. The molecule has 0 fully saturated rings. The molecule has 0 spiro atoms. The van der Waals surface area contributed by atoms with Gasteiger partial charge in [0.1, 0.15) is 6.34 Å². The molecule has 1 aliphatic rings. The fourth-order valence-electron chi connectivity index (χ4n) is 3.38. The quantitative estimate of drug-likeness (QED) is 0.694. The van der Waals surface area contributed by atoms with E-state index >= 15 is 0 Å². The van der Waals surface area contributed by atoms with Crippen LogP contribution in [-0.2, 0) is 19.6 Å². The van der Waals surface area contributed by atoms with Gasteiger partial charge in [-0.15, -0.1) is 0 Å². The molecule has 3 aromatic rings. The number of nitrogens with one attached hydrogen (secondary N) is 1. The maximum atomic E-state index is 4.72. The lowest BCUT2D eigenvalue weighted by atomic mass is 10.1. The van der Waals surface area contributed by atoms with Crippen LogP contribution in [0.2, 0.25) is 0 Å². The van der Waals surface area contributed by atoms with Crippen molar-refractivity contribution >= 4 is 6.34 Å². The molecule has 0 amide bonds. The molecule has 1 aliphatic heterocycles. The minimum absolute atomic E-state index is 0.0504. The summed E-state index contributed by atoms with van der Waals surface area (Å²) in [6.07, 6.45) is 1.75. The minimum Gasteiger partial charge on any atom is -0.306 e. The van der Waals surface area contributed by atoms with E-state index in [2.05, 4.69) is 100 Å². The Morgan fingerprint density at radius 2 is 1.19 bits per heavy atom. The van der Waals surface area contributed by atoms with E-state index in [1.165, 1.54) is 16.7 Å². The van der Waals surface area contributed by atoms with Crippen molar-refractivity contribution in [1.82, 2.24) is 15.3 Å². The molecule has 1 unspecified atom stereocenters. The minimum atomic E-state index is -0.0504.